The summed E-state index contributed by atoms with van der Waals surface area (Å²) in [4.78, 5) is 24.9. The number of aromatic nitrogens is 1. The van der Waals surface area contributed by atoms with Crippen molar-refractivity contribution in [3.05, 3.63) is 57.6 Å². The van der Waals surface area contributed by atoms with E-state index >= 15 is 4.39 Å². The van der Waals surface area contributed by atoms with Crippen molar-refractivity contribution < 1.29 is 23.1 Å². The molecule has 3 atom stereocenters. The van der Waals surface area contributed by atoms with Crippen molar-refractivity contribution in [3.8, 4) is 17.2 Å². The molecule has 2 aromatic carbocycles. The van der Waals surface area contributed by atoms with Gasteiger partial charge in [0.15, 0.2) is 5.58 Å². The van der Waals surface area contributed by atoms with Crippen LogP contribution in [0.5, 0.6) is 0 Å². The number of benzene rings is 2. The van der Waals surface area contributed by atoms with Crippen LogP contribution in [0.15, 0.2) is 45.6 Å². The number of hydrogen-bond donors (Lipinski definition) is 2. The Balaban J connectivity index is 1.34. The molecule has 0 bridgehead atoms. The number of nitrogens with one attached hydrogen (secondary N) is 2. The molecule has 1 unspecified atom stereocenters. The number of aryl methyl sites for hydroxylation is 1. The second-order valence-corrected chi connectivity index (χ2v) is 10.0. The van der Waals surface area contributed by atoms with Gasteiger partial charge in [-0.05, 0) is 35.4 Å². The van der Waals surface area contributed by atoms with E-state index in [-0.39, 0.29) is 19.1 Å². The van der Waals surface area contributed by atoms with Crippen molar-refractivity contribution in [1.29, 1.82) is 5.26 Å². The molecule has 0 aliphatic carbocycles. The number of thiophene rings is 1. The van der Waals surface area contributed by atoms with Gasteiger partial charge in [-0.25, -0.2) is 9.18 Å². The molecule has 9 nitrogen and oxygen atoms in total. The number of oxazole rings is 1. The minimum Gasteiger partial charge on any atom is -0.408 e. The zero-order valence-corrected chi connectivity index (χ0v) is 21.1. The number of nitriles is 1. The average molecular weight is 525 g/mol. The summed E-state index contributed by atoms with van der Waals surface area (Å²) in [5.74, 6) is -1.26. The third-order valence-corrected chi connectivity index (χ3v) is 7.64. The van der Waals surface area contributed by atoms with E-state index in [2.05, 4.69) is 16.7 Å². The number of ether oxygens (including phenoxy) is 2. The molecule has 3 heterocycles. The Bertz CT molecular complexity index is 1570. The first kappa shape index (κ1) is 25.1. The Morgan fingerprint density at radius 2 is 2.11 bits per heavy atom. The average Bonchev–Trinajstić information content (AvgIpc) is 3.23. The minimum absolute atomic E-state index is 0.0344. The highest BCUT2D eigenvalue weighted by Gasteiger charge is 2.27. The van der Waals surface area contributed by atoms with Crippen LogP contribution in [-0.2, 0) is 27.7 Å². The lowest BCUT2D eigenvalue weighted by atomic mass is 10.0. The van der Waals surface area contributed by atoms with Gasteiger partial charge in [0.05, 0.1) is 24.3 Å². The molecule has 192 valence electrons. The largest absolute Gasteiger partial charge is 0.419 e. The molecular weight excluding hydrogens is 499 g/mol. The Labute approximate surface area is 215 Å². The van der Waals surface area contributed by atoms with E-state index in [0.717, 1.165) is 15.8 Å². The summed E-state index contributed by atoms with van der Waals surface area (Å²) in [6.07, 6.45) is -0.888. The summed E-state index contributed by atoms with van der Waals surface area (Å²) in [7, 11) is 3.22. The number of rotatable bonds is 6. The highest BCUT2D eigenvalue weighted by molar-refractivity contribution is 7.19. The number of hydrogen-bond acceptors (Lipinski definition) is 8. The fraction of sp³-hybridized carbons (Fsp3) is 0.346. The van der Waals surface area contributed by atoms with E-state index in [1.54, 1.807) is 26.3 Å². The normalized spacial score (nSPS) is 19.0. The number of methoxy groups -OCH3 is 1. The van der Waals surface area contributed by atoms with Crippen LogP contribution < -0.4 is 16.4 Å². The van der Waals surface area contributed by atoms with Crippen LogP contribution in [-0.4, -0.2) is 55.5 Å². The van der Waals surface area contributed by atoms with Crippen molar-refractivity contribution in [3.63, 3.8) is 0 Å². The summed E-state index contributed by atoms with van der Waals surface area (Å²) >= 11 is 1.25. The summed E-state index contributed by atoms with van der Waals surface area (Å²) in [6, 6.07) is 12.0. The summed E-state index contributed by atoms with van der Waals surface area (Å²) in [6.45, 7) is 1.11. The molecule has 37 heavy (non-hydrogen) atoms. The maximum atomic E-state index is 15.2. The molecule has 5 rings (SSSR count). The fourth-order valence-corrected chi connectivity index (χ4v) is 5.52. The van der Waals surface area contributed by atoms with Crippen molar-refractivity contribution in [1.82, 2.24) is 15.2 Å². The van der Waals surface area contributed by atoms with Gasteiger partial charge in [0.2, 0.25) is 0 Å². The zero-order valence-electron chi connectivity index (χ0n) is 20.2. The predicted octanol–water partition coefficient (Wildman–Crippen LogP) is 2.71. The monoisotopic (exact) mass is 524 g/mol. The van der Waals surface area contributed by atoms with E-state index < -0.39 is 29.6 Å². The number of amides is 1. The molecule has 2 aromatic heterocycles. The fourth-order valence-electron chi connectivity index (χ4n) is 4.35. The minimum atomic E-state index is -0.913. The second kappa shape index (κ2) is 10.4. The highest BCUT2D eigenvalue weighted by Crippen LogP contribution is 2.35. The Morgan fingerprint density at radius 1 is 1.32 bits per heavy atom. The van der Waals surface area contributed by atoms with Crippen LogP contribution in [0, 0.1) is 17.1 Å². The van der Waals surface area contributed by atoms with E-state index in [1.165, 1.54) is 15.9 Å². The van der Waals surface area contributed by atoms with Gasteiger partial charge in [-0.1, -0.05) is 12.1 Å². The zero-order chi connectivity index (χ0) is 26.1. The van der Waals surface area contributed by atoms with Gasteiger partial charge in [0.25, 0.3) is 5.91 Å². The molecule has 1 saturated heterocycles. The molecule has 1 aliphatic heterocycles. The van der Waals surface area contributed by atoms with Gasteiger partial charge in [-0.2, -0.15) is 5.26 Å². The predicted molar refractivity (Wildman–Crippen MR) is 137 cm³/mol. The van der Waals surface area contributed by atoms with Gasteiger partial charge in [0, 0.05) is 48.6 Å². The molecule has 0 radical (unpaired) electrons. The summed E-state index contributed by atoms with van der Waals surface area (Å²) in [5, 5.41) is 15.9. The smallest absolute Gasteiger partial charge is 0.408 e. The van der Waals surface area contributed by atoms with Crippen molar-refractivity contribution in [2.75, 3.05) is 26.8 Å². The van der Waals surface area contributed by atoms with Crippen LogP contribution in [0.2, 0.25) is 0 Å². The van der Waals surface area contributed by atoms with Crippen LogP contribution in [0.1, 0.15) is 4.88 Å². The number of halogens is 1. The lowest BCUT2D eigenvalue weighted by Crippen LogP contribution is -2.46. The van der Waals surface area contributed by atoms with Gasteiger partial charge < -0.3 is 24.5 Å². The lowest BCUT2D eigenvalue weighted by molar-refractivity contribution is -0.133. The molecule has 1 amide bonds. The SMILES string of the molecule is COC1CNC[C@@H](C(=O)N[C@H](C#N)Cc2sc3cc(-c4ccc5oc(=O)n(C)c5c4)ccc3c2F)OC1. The van der Waals surface area contributed by atoms with Crippen molar-refractivity contribution >= 4 is 38.4 Å². The molecule has 2 N–H and O–H groups in total. The molecule has 1 aliphatic rings. The van der Waals surface area contributed by atoms with Crippen LogP contribution in [0.25, 0.3) is 32.3 Å². The number of fused-ring (bicyclic) bond motifs is 2. The number of carbonyl (C=O) groups is 1. The van der Waals surface area contributed by atoms with Crippen molar-refractivity contribution in [2.24, 2.45) is 7.05 Å². The molecule has 0 saturated carbocycles. The van der Waals surface area contributed by atoms with E-state index in [1.807, 2.05) is 24.3 Å². The molecular formula is C26H25FN4O5S. The summed E-state index contributed by atoms with van der Waals surface area (Å²) < 4.78 is 33.5. The Morgan fingerprint density at radius 3 is 2.89 bits per heavy atom. The van der Waals surface area contributed by atoms with Gasteiger partial charge in [0.1, 0.15) is 18.0 Å². The topological polar surface area (TPSA) is 119 Å². The lowest BCUT2D eigenvalue weighted by Gasteiger charge is -2.18. The number of nitrogens with zero attached hydrogens (tertiary/aromatic N) is 2. The van der Waals surface area contributed by atoms with E-state index in [9.17, 15) is 14.9 Å². The summed E-state index contributed by atoms with van der Waals surface area (Å²) in [5.41, 5.74) is 2.87. The van der Waals surface area contributed by atoms with E-state index in [4.69, 9.17) is 13.9 Å². The maximum Gasteiger partial charge on any atom is 0.419 e. The van der Waals surface area contributed by atoms with Gasteiger partial charge in [-0.3, -0.25) is 9.36 Å². The first-order chi connectivity index (χ1) is 17.9. The first-order valence-corrected chi connectivity index (χ1v) is 12.6. The maximum absolute atomic E-state index is 15.2. The van der Waals surface area contributed by atoms with Crippen LogP contribution >= 0.6 is 11.3 Å². The Kier molecular flexibility index (Phi) is 7.08. The molecule has 11 heteroatoms. The van der Waals surface area contributed by atoms with Crippen LogP contribution in [0.4, 0.5) is 4.39 Å². The second-order valence-electron chi connectivity index (χ2n) is 8.89. The molecule has 4 aromatic rings. The number of carbonyl (C=O) groups excluding carboxylic acids is 1. The molecule has 0 spiro atoms. The molecule has 1 fully saturated rings. The standard InChI is InChI=1S/C26H25FN4O5S/c1-31-19-7-14(4-6-20(19)36-26(31)33)15-3-5-18-22(8-15)37-23(24(18)27)9-16(10-28)30-25(32)21-12-29-11-17(34-2)13-35-21/h3-8,16-17,21,29H,9,11-13H2,1-2H3,(H,30,32)/t16-,17?,21-/m0/s1. The van der Waals surface area contributed by atoms with Gasteiger partial charge >= 0.3 is 5.76 Å². The van der Waals surface area contributed by atoms with Crippen molar-refractivity contribution in [2.45, 2.75) is 24.7 Å². The van der Waals surface area contributed by atoms with Crippen LogP contribution in [0.3, 0.4) is 0 Å². The third-order valence-electron chi connectivity index (χ3n) is 6.49. The van der Waals surface area contributed by atoms with Gasteiger partial charge in [-0.15, -0.1) is 11.3 Å². The highest BCUT2D eigenvalue weighted by atomic mass is 32.1. The third kappa shape index (κ3) is 5.01. The van der Waals surface area contributed by atoms with E-state index in [0.29, 0.717) is 34.5 Å². The quantitative estimate of drug-likeness (QED) is 0.398. The first-order valence-electron chi connectivity index (χ1n) is 11.7. The Hall–Kier alpha value is -3.56.